The smallest absolute Gasteiger partial charge is 0.203 e. The van der Waals surface area contributed by atoms with Gasteiger partial charge in [-0.2, -0.15) is 5.26 Å². The minimum atomic E-state index is 0.352. The van der Waals surface area contributed by atoms with Gasteiger partial charge in [-0.25, -0.2) is 0 Å². The summed E-state index contributed by atoms with van der Waals surface area (Å²) in [5, 5.41) is 11.9. The number of benzene rings is 1. The van der Waals surface area contributed by atoms with Gasteiger partial charge in [0, 0.05) is 11.0 Å². The van der Waals surface area contributed by atoms with Crippen molar-refractivity contribution < 1.29 is 4.42 Å². The highest BCUT2D eigenvalue weighted by atomic mass is 79.9. The van der Waals surface area contributed by atoms with Crippen molar-refractivity contribution >= 4 is 15.9 Å². The molecular formula is C13H11BrN2O. The van der Waals surface area contributed by atoms with Crippen molar-refractivity contribution in [2.24, 2.45) is 0 Å². The highest BCUT2D eigenvalue weighted by Gasteiger charge is 2.00. The van der Waals surface area contributed by atoms with Crippen LogP contribution in [0.25, 0.3) is 0 Å². The minimum Gasteiger partial charge on any atom is -0.449 e. The molecule has 0 saturated heterocycles. The second-order valence-electron chi connectivity index (χ2n) is 3.61. The first-order valence-electron chi connectivity index (χ1n) is 5.22. The van der Waals surface area contributed by atoms with Gasteiger partial charge in [-0.15, -0.1) is 0 Å². The number of rotatable bonds is 4. The normalized spacial score (nSPS) is 10.1. The fraction of sp³-hybridized carbons (Fsp3) is 0.154. The fourth-order valence-corrected chi connectivity index (χ4v) is 1.73. The highest BCUT2D eigenvalue weighted by molar-refractivity contribution is 9.10. The lowest BCUT2D eigenvalue weighted by Gasteiger charge is -2.02. The number of nitrogens with one attached hydrogen (secondary N) is 1. The number of hydrogen-bond acceptors (Lipinski definition) is 3. The van der Waals surface area contributed by atoms with Gasteiger partial charge in [0.1, 0.15) is 11.8 Å². The number of hydrogen-bond donors (Lipinski definition) is 1. The Kier molecular flexibility index (Phi) is 3.97. The molecule has 0 aliphatic rings. The van der Waals surface area contributed by atoms with Gasteiger partial charge >= 0.3 is 0 Å². The quantitative estimate of drug-likeness (QED) is 0.941. The summed E-state index contributed by atoms with van der Waals surface area (Å²) < 4.78 is 6.33. The van der Waals surface area contributed by atoms with Gasteiger partial charge < -0.3 is 9.73 Å². The number of nitrogens with zero attached hydrogens (tertiary/aromatic N) is 1. The van der Waals surface area contributed by atoms with Crippen LogP contribution >= 0.6 is 15.9 Å². The van der Waals surface area contributed by atoms with Crippen molar-refractivity contribution in [2.75, 3.05) is 0 Å². The first-order valence-corrected chi connectivity index (χ1v) is 6.01. The minimum absolute atomic E-state index is 0.352. The Labute approximate surface area is 108 Å². The van der Waals surface area contributed by atoms with Gasteiger partial charge in [0.25, 0.3) is 0 Å². The first-order chi connectivity index (χ1) is 8.28. The van der Waals surface area contributed by atoms with Crippen LogP contribution in [0.3, 0.4) is 0 Å². The van der Waals surface area contributed by atoms with Crippen LogP contribution in [0, 0.1) is 11.3 Å². The molecule has 0 atom stereocenters. The van der Waals surface area contributed by atoms with Crippen LogP contribution in [0.5, 0.6) is 0 Å². The Morgan fingerprint density at radius 1 is 1.12 bits per heavy atom. The molecule has 1 N–H and O–H groups in total. The van der Waals surface area contributed by atoms with E-state index >= 15 is 0 Å². The second kappa shape index (κ2) is 5.67. The Bertz CT molecular complexity index is 525. The van der Waals surface area contributed by atoms with Gasteiger partial charge in [0.15, 0.2) is 0 Å². The maximum atomic E-state index is 8.61. The molecule has 0 radical (unpaired) electrons. The molecule has 4 heteroatoms. The summed E-state index contributed by atoms with van der Waals surface area (Å²) in [7, 11) is 0. The van der Waals surface area contributed by atoms with E-state index in [1.54, 1.807) is 6.07 Å². The lowest BCUT2D eigenvalue weighted by atomic mass is 10.2. The van der Waals surface area contributed by atoms with Gasteiger partial charge in [-0.1, -0.05) is 28.1 Å². The van der Waals surface area contributed by atoms with E-state index in [1.807, 2.05) is 24.3 Å². The zero-order chi connectivity index (χ0) is 12.1. The van der Waals surface area contributed by atoms with E-state index in [1.165, 1.54) is 5.56 Å². The summed E-state index contributed by atoms with van der Waals surface area (Å²) in [6.07, 6.45) is 0. The molecule has 1 heterocycles. The highest BCUT2D eigenvalue weighted by Crippen LogP contribution is 2.11. The van der Waals surface area contributed by atoms with Gasteiger partial charge in [-0.3, -0.25) is 0 Å². The van der Waals surface area contributed by atoms with Crippen molar-refractivity contribution in [1.82, 2.24) is 5.32 Å². The molecule has 3 nitrogen and oxygen atoms in total. The van der Waals surface area contributed by atoms with Crippen LogP contribution in [0.1, 0.15) is 17.1 Å². The van der Waals surface area contributed by atoms with Crippen molar-refractivity contribution in [3.8, 4) is 6.07 Å². The average Bonchev–Trinajstić information content (AvgIpc) is 2.80. The van der Waals surface area contributed by atoms with Crippen LogP contribution in [-0.4, -0.2) is 0 Å². The van der Waals surface area contributed by atoms with E-state index in [0.717, 1.165) is 16.8 Å². The maximum absolute atomic E-state index is 8.61. The van der Waals surface area contributed by atoms with Gasteiger partial charge in [0.2, 0.25) is 5.76 Å². The van der Waals surface area contributed by atoms with Crippen LogP contribution < -0.4 is 5.32 Å². The van der Waals surface area contributed by atoms with Crippen LogP contribution in [0.2, 0.25) is 0 Å². The standard InChI is InChI=1S/C13H11BrN2O/c14-11-3-1-10(2-4-11)8-16-9-13-6-5-12(7-15)17-13/h1-6,16H,8-9H2. The van der Waals surface area contributed by atoms with E-state index in [2.05, 4.69) is 33.4 Å². The number of nitriles is 1. The topological polar surface area (TPSA) is 49.0 Å². The molecule has 0 spiro atoms. The zero-order valence-electron chi connectivity index (χ0n) is 9.11. The summed E-state index contributed by atoms with van der Waals surface area (Å²) in [6.45, 7) is 1.40. The van der Waals surface area contributed by atoms with E-state index in [4.69, 9.17) is 9.68 Å². The Morgan fingerprint density at radius 3 is 2.53 bits per heavy atom. The van der Waals surface area contributed by atoms with Gasteiger partial charge in [0.05, 0.1) is 6.54 Å². The van der Waals surface area contributed by atoms with Crippen molar-refractivity contribution in [1.29, 1.82) is 5.26 Å². The number of halogens is 1. The lowest BCUT2D eigenvalue weighted by Crippen LogP contribution is -2.11. The predicted octanol–water partition coefficient (Wildman–Crippen LogP) is 3.20. The maximum Gasteiger partial charge on any atom is 0.203 e. The van der Waals surface area contributed by atoms with Crippen LogP contribution in [-0.2, 0) is 13.1 Å². The second-order valence-corrected chi connectivity index (χ2v) is 4.52. The molecule has 1 aromatic carbocycles. The molecule has 0 fully saturated rings. The number of furan rings is 1. The molecule has 0 saturated carbocycles. The lowest BCUT2D eigenvalue weighted by molar-refractivity contribution is 0.474. The summed E-state index contributed by atoms with van der Waals surface area (Å²) in [5.41, 5.74) is 1.21. The molecule has 2 rings (SSSR count). The third kappa shape index (κ3) is 3.45. The zero-order valence-corrected chi connectivity index (χ0v) is 10.7. The molecule has 86 valence electrons. The van der Waals surface area contributed by atoms with Crippen molar-refractivity contribution in [3.63, 3.8) is 0 Å². The average molecular weight is 291 g/mol. The molecule has 0 aliphatic carbocycles. The third-order valence-electron chi connectivity index (χ3n) is 2.31. The SMILES string of the molecule is N#Cc1ccc(CNCc2ccc(Br)cc2)o1. The monoisotopic (exact) mass is 290 g/mol. The third-order valence-corrected chi connectivity index (χ3v) is 2.84. The van der Waals surface area contributed by atoms with Crippen molar-refractivity contribution in [3.05, 3.63) is 58.0 Å². The van der Waals surface area contributed by atoms with Crippen LogP contribution in [0.4, 0.5) is 0 Å². The molecule has 1 aromatic heterocycles. The molecule has 0 aliphatic heterocycles. The van der Waals surface area contributed by atoms with Crippen LogP contribution in [0.15, 0.2) is 45.3 Å². The molecule has 0 bridgehead atoms. The van der Waals surface area contributed by atoms with Gasteiger partial charge in [-0.05, 0) is 29.8 Å². The summed E-state index contributed by atoms with van der Waals surface area (Å²) in [6, 6.07) is 13.6. The predicted molar refractivity (Wildman–Crippen MR) is 68.1 cm³/mol. The van der Waals surface area contributed by atoms with E-state index in [0.29, 0.717) is 12.3 Å². The molecule has 0 unspecified atom stereocenters. The summed E-state index contributed by atoms with van der Waals surface area (Å²) >= 11 is 3.39. The van der Waals surface area contributed by atoms with Crippen molar-refractivity contribution in [2.45, 2.75) is 13.1 Å². The van der Waals surface area contributed by atoms with E-state index in [-0.39, 0.29) is 0 Å². The molecular weight excluding hydrogens is 280 g/mol. The largest absolute Gasteiger partial charge is 0.449 e. The molecule has 2 aromatic rings. The summed E-state index contributed by atoms with van der Waals surface area (Å²) in [5.74, 6) is 1.13. The Morgan fingerprint density at radius 2 is 1.88 bits per heavy atom. The fourth-order valence-electron chi connectivity index (χ4n) is 1.47. The Balaban J connectivity index is 1.83. The molecule has 17 heavy (non-hydrogen) atoms. The van der Waals surface area contributed by atoms with E-state index < -0.39 is 0 Å². The first kappa shape index (κ1) is 11.9. The molecule has 0 amide bonds. The summed E-state index contributed by atoms with van der Waals surface area (Å²) in [4.78, 5) is 0. The Hall–Kier alpha value is -1.57. The van der Waals surface area contributed by atoms with E-state index in [9.17, 15) is 0 Å².